The van der Waals surface area contributed by atoms with Gasteiger partial charge >= 0.3 is 0 Å². The molecule has 1 fully saturated rings. The van der Waals surface area contributed by atoms with E-state index < -0.39 is 4.92 Å². The van der Waals surface area contributed by atoms with Gasteiger partial charge in [-0.25, -0.2) is 4.98 Å². The Kier molecular flexibility index (Phi) is 17.9. The molecular formula is C31H46ClN3O11. The molecule has 0 spiro atoms. The van der Waals surface area contributed by atoms with Gasteiger partial charge in [0, 0.05) is 32.8 Å². The SMILES string of the molecule is COCCOCCOCCOc1cc(C(C)N2CC[C@H]2COc2ccc(Cl)nc2)c([N+](=O)[O-])cc1OCCOCCOCCOC. The molecule has 258 valence electrons. The first-order valence-electron chi connectivity index (χ1n) is 15.3. The van der Waals surface area contributed by atoms with E-state index in [-0.39, 0.29) is 43.3 Å². The number of benzene rings is 1. The Balaban J connectivity index is 1.63. The number of nitrogens with zero attached hydrogens (tertiary/aromatic N) is 3. The number of halogens is 1. The molecular weight excluding hydrogens is 626 g/mol. The summed E-state index contributed by atoms with van der Waals surface area (Å²) in [6.07, 6.45) is 2.47. The van der Waals surface area contributed by atoms with Crippen LogP contribution in [-0.2, 0) is 28.4 Å². The summed E-state index contributed by atoms with van der Waals surface area (Å²) in [5.41, 5.74) is 0.461. The molecule has 1 aliphatic rings. The average molecular weight is 672 g/mol. The van der Waals surface area contributed by atoms with E-state index in [0.717, 1.165) is 13.0 Å². The van der Waals surface area contributed by atoms with E-state index in [1.807, 2.05) is 6.92 Å². The fourth-order valence-electron chi connectivity index (χ4n) is 4.60. The predicted molar refractivity (Wildman–Crippen MR) is 169 cm³/mol. The van der Waals surface area contributed by atoms with Crippen molar-refractivity contribution in [3.05, 3.63) is 51.3 Å². The van der Waals surface area contributed by atoms with Gasteiger partial charge in [-0.3, -0.25) is 15.0 Å². The third-order valence-electron chi connectivity index (χ3n) is 7.15. The Labute approximate surface area is 275 Å². The number of ether oxygens (including phenoxy) is 9. The van der Waals surface area contributed by atoms with Crippen LogP contribution in [-0.4, -0.2) is 128 Å². The molecule has 15 heteroatoms. The highest BCUT2D eigenvalue weighted by molar-refractivity contribution is 6.29. The number of nitro groups is 1. The second-order valence-electron chi connectivity index (χ2n) is 10.2. The van der Waals surface area contributed by atoms with Gasteiger partial charge < -0.3 is 42.6 Å². The minimum atomic E-state index is -0.395. The third kappa shape index (κ3) is 13.1. The van der Waals surface area contributed by atoms with Gasteiger partial charge in [-0.1, -0.05) is 11.6 Å². The first-order chi connectivity index (χ1) is 22.4. The molecule has 0 radical (unpaired) electrons. The molecule has 1 aliphatic heterocycles. The summed E-state index contributed by atoms with van der Waals surface area (Å²) in [7, 11) is 3.23. The van der Waals surface area contributed by atoms with Crippen molar-refractivity contribution in [1.29, 1.82) is 0 Å². The van der Waals surface area contributed by atoms with Crippen LogP contribution in [0.2, 0.25) is 5.15 Å². The lowest BCUT2D eigenvalue weighted by Crippen LogP contribution is -2.51. The molecule has 0 amide bonds. The third-order valence-corrected chi connectivity index (χ3v) is 7.37. The largest absolute Gasteiger partial charge is 0.490 e. The quantitative estimate of drug-likeness (QED) is 0.0617. The monoisotopic (exact) mass is 671 g/mol. The fraction of sp³-hybridized carbons (Fsp3) is 0.645. The number of nitro benzene ring substituents is 1. The summed E-state index contributed by atoms with van der Waals surface area (Å²) in [5, 5.41) is 12.6. The minimum Gasteiger partial charge on any atom is -0.490 e. The summed E-state index contributed by atoms with van der Waals surface area (Å²) < 4.78 is 49.7. The number of rotatable bonds is 26. The molecule has 1 saturated heterocycles. The van der Waals surface area contributed by atoms with Crippen LogP contribution in [0.4, 0.5) is 5.69 Å². The molecule has 2 heterocycles. The summed E-state index contributed by atoms with van der Waals surface area (Å²) in [6, 6.07) is 6.32. The van der Waals surface area contributed by atoms with Crippen molar-refractivity contribution in [1.82, 2.24) is 9.88 Å². The molecule has 2 atom stereocenters. The van der Waals surface area contributed by atoms with E-state index in [9.17, 15) is 10.1 Å². The number of aromatic nitrogens is 1. The number of hydrogen-bond donors (Lipinski definition) is 0. The number of likely N-dealkylation sites (tertiary alicyclic amines) is 1. The van der Waals surface area contributed by atoms with Crippen molar-refractivity contribution in [2.45, 2.75) is 25.4 Å². The van der Waals surface area contributed by atoms with Gasteiger partial charge in [-0.05, 0) is 31.5 Å². The van der Waals surface area contributed by atoms with Gasteiger partial charge in [0.2, 0.25) is 0 Å². The van der Waals surface area contributed by atoms with E-state index in [4.69, 9.17) is 54.2 Å². The van der Waals surface area contributed by atoms with E-state index in [2.05, 4.69) is 9.88 Å². The van der Waals surface area contributed by atoms with E-state index in [0.29, 0.717) is 88.3 Å². The number of pyridine rings is 1. The topological polar surface area (TPSA) is 142 Å². The molecule has 0 bridgehead atoms. The Hall–Kier alpha value is -2.82. The van der Waals surface area contributed by atoms with Gasteiger partial charge in [0.25, 0.3) is 5.69 Å². The van der Waals surface area contributed by atoms with E-state index in [1.165, 1.54) is 6.07 Å². The van der Waals surface area contributed by atoms with E-state index >= 15 is 0 Å². The molecule has 3 rings (SSSR count). The van der Waals surface area contributed by atoms with Crippen LogP contribution < -0.4 is 14.2 Å². The summed E-state index contributed by atoms with van der Waals surface area (Å²) in [6.45, 7) is 7.72. The molecule has 0 aliphatic carbocycles. The van der Waals surface area contributed by atoms with Crippen molar-refractivity contribution in [2.24, 2.45) is 0 Å². The summed E-state index contributed by atoms with van der Waals surface area (Å²) in [5.74, 6) is 1.25. The fourth-order valence-corrected chi connectivity index (χ4v) is 4.71. The van der Waals surface area contributed by atoms with Crippen LogP contribution in [0.1, 0.15) is 24.9 Å². The lowest BCUT2D eigenvalue weighted by atomic mass is 9.95. The lowest BCUT2D eigenvalue weighted by Gasteiger charge is -2.44. The molecule has 0 N–H and O–H groups in total. The van der Waals surface area contributed by atoms with Crippen molar-refractivity contribution < 1.29 is 47.6 Å². The zero-order chi connectivity index (χ0) is 33.0. The highest BCUT2D eigenvalue weighted by atomic mass is 35.5. The first kappa shape index (κ1) is 37.6. The molecule has 14 nitrogen and oxygen atoms in total. The summed E-state index contributed by atoms with van der Waals surface area (Å²) in [4.78, 5) is 18.1. The standard InChI is InChI=1S/C31H46ClN3O11/c1-24(34-7-6-25(34)23-46-26-4-5-31(32)33-22-26)27-20-29(44-18-16-42-14-12-40-10-8-38-2)30(21-28(27)35(36)37)45-19-17-43-15-13-41-11-9-39-3/h4-5,20-22,24-25H,6-19,23H2,1-3H3/t24?,25-/m0/s1. The van der Waals surface area contributed by atoms with Crippen molar-refractivity contribution in [2.75, 3.05) is 107 Å². The van der Waals surface area contributed by atoms with Gasteiger partial charge in [0.1, 0.15) is 30.7 Å². The minimum absolute atomic E-state index is 0.0553. The molecule has 0 saturated carbocycles. The van der Waals surface area contributed by atoms with Crippen molar-refractivity contribution in [3.8, 4) is 17.2 Å². The zero-order valence-corrected chi connectivity index (χ0v) is 27.6. The Morgan fingerprint density at radius 1 is 0.848 bits per heavy atom. The number of hydrogen-bond acceptors (Lipinski definition) is 13. The maximum Gasteiger partial charge on any atom is 0.278 e. The number of methoxy groups -OCH3 is 2. The van der Waals surface area contributed by atoms with Crippen LogP contribution in [0, 0.1) is 10.1 Å². The molecule has 1 aromatic carbocycles. The van der Waals surface area contributed by atoms with Crippen LogP contribution in [0.15, 0.2) is 30.5 Å². The second kappa shape index (κ2) is 21.9. The second-order valence-corrected chi connectivity index (χ2v) is 10.6. The normalized spacial score (nSPS) is 15.3. The van der Waals surface area contributed by atoms with Gasteiger partial charge in [0.05, 0.1) is 88.8 Å². The molecule has 46 heavy (non-hydrogen) atoms. The smallest absolute Gasteiger partial charge is 0.278 e. The maximum absolute atomic E-state index is 12.2. The van der Waals surface area contributed by atoms with Gasteiger partial charge in [-0.15, -0.1) is 0 Å². The Morgan fingerprint density at radius 3 is 1.87 bits per heavy atom. The van der Waals surface area contributed by atoms with Gasteiger partial charge in [0.15, 0.2) is 11.5 Å². The highest BCUT2D eigenvalue weighted by Gasteiger charge is 2.36. The Bertz CT molecular complexity index is 1150. The highest BCUT2D eigenvalue weighted by Crippen LogP contribution is 2.41. The van der Waals surface area contributed by atoms with Crippen LogP contribution in [0.25, 0.3) is 0 Å². The summed E-state index contributed by atoms with van der Waals surface area (Å²) >= 11 is 5.87. The van der Waals surface area contributed by atoms with Crippen LogP contribution in [0.5, 0.6) is 17.2 Å². The molecule has 1 aromatic heterocycles. The lowest BCUT2D eigenvalue weighted by molar-refractivity contribution is -0.386. The van der Waals surface area contributed by atoms with Crippen LogP contribution in [0.3, 0.4) is 0 Å². The zero-order valence-electron chi connectivity index (χ0n) is 26.9. The van der Waals surface area contributed by atoms with Crippen molar-refractivity contribution in [3.63, 3.8) is 0 Å². The maximum atomic E-state index is 12.2. The Morgan fingerprint density at radius 2 is 1.39 bits per heavy atom. The molecule has 2 aromatic rings. The predicted octanol–water partition coefficient (Wildman–Crippen LogP) is 3.97. The van der Waals surface area contributed by atoms with Gasteiger partial charge in [-0.2, -0.15) is 0 Å². The van der Waals surface area contributed by atoms with E-state index in [1.54, 1.807) is 38.6 Å². The molecule has 1 unspecified atom stereocenters. The average Bonchev–Trinajstić information content (AvgIpc) is 3.03. The van der Waals surface area contributed by atoms with Crippen LogP contribution >= 0.6 is 11.6 Å². The van der Waals surface area contributed by atoms with Crippen molar-refractivity contribution >= 4 is 17.3 Å². The first-order valence-corrected chi connectivity index (χ1v) is 15.7.